The molecule has 0 radical (unpaired) electrons. The van der Waals surface area contributed by atoms with Crippen LogP contribution in [0.3, 0.4) is 0 Å². The van der Waals surface area contributed by atoms with E-state index in [1.54, 1.807) is 6.33 Å². The van der Waals surface area contributed by atoms with E-state index in [1.807, 2.05) is 41.9 Å². The molecular formula is C14H12N4OS. The molecule has 0 N–H and O–H groups in total. The Morgan fingerprint density at radius 2 is 2.00 bits per heavy atom. The lowest BCUT2D eigenvalue weighted by Gasteiger charge is -2.02. The molecule has 3 aromatic rings. The Morgan fingerprint density at radius 1 is 1.20 bits per heavy atom. The molecule has 0 atom stereocenters. The highest BCUT2D eigenvalue weighted by Crippen LogP contribution is 2.23. The number of benzene rings is 1. The monoisotopic (exact) mass is 284 g/mol. The molecule has 1 aromatic carbocycles. The maximum Gasteiger partial charge on any atom is 0.173 e. The SMILES string of the molecule is Cn1cnc2c(SCC(=O)c3ccccc3)ncnc21. The van der Waals surface area contributed by atoms with Crippen LogP contribution in [0.5, 0.6) is 0 Å². The average Bonchev–Trinajstić information content (AvgIpc) is 2.88. The van der Waals surface area contributed by atoms with Gasteiger partial charge in [-0.25, -0.2) is 15.0 Å². The van der Waals surface area contributed by atoms with E-state index in [2.05, 4.69) is 15.0 Å². The van der Waals surface area contributed by atoms with Crippen molar-refractivity contribution in [1.29, 1.82) is 0 Å². The molecule has 0 amide bonds. The van der Waals surface area contributed by atoms with Gasteiger partial charge in [-0.3, -0.25) is 4.79 Å². The molecule has 0 spiro atoms. The minimum Gasteiger partial charge on any atom is -0.318 e. The molecule has 0 aliphatic rings. The number of aryl methyl sites for hydroxylation is 1. The molecule has 20 heavy (non-hydrogen) atoms. The average molecular weight is 284 g/mol. The van der Waals surface area contributed by atoms with Crippen LogP contribution in [0.1, 0.15) is 10.4 Å². The van der Waals surface area contributed by atoms with E-state index in [-0.39, 0.29) is 5.78 Å². The van der Waals surface area contributed by atoms with Gasteiger partial charge in [0.05, 0.1) is 12.1 Å². The normalized spacial score (nSPS) is 10.8. The van der Waals surface area contributed by atoms with E-state index in [1.165, 1.54) is 18.1 Å². The molecule has 2 heterocycles. The summed E-state index contributed by atoms with van der Waals surface area (Å²) in [6, 6.07) is 9.25. The van der Waals surface area contributed by atoms with Crippen molar-refractivity contribution >= 4 is 28.7 Å². The van der Waals surface area contributed by atoms with Crippen LogP contribution in [0, 0.1) is 0 Å². The predicted molar refractivity (Wildman–Crippen MR) is 77.8 cm³/mol. The molecule has 2 aromatic heterocycles. The number of hydrogen-bond acceptors (Lipinski definition) is 5. The molecule has 0 aliphatic carbocycles. The summed E-state index contributed by atoms with van der Waals surface area (Å²) in [5, 5.41) is 0.736. The van der Waals surface area contributed by atoms with Gasteiger partial charge in [0.25, 0.3) is 0 Å². The summed E-state index contributed by atoms with van der Waals surface area (Å²) in [7, 11) is 1.88. The molecule has 0 bridgehead atoms. The largest absolute Gasteiger partial charge is 0.318 e. The number of ketones is 1. The van der Waals surface area contributed by atoms with Gasteiger partial charge >= 0.3 is 0 Å². The lowest BCUT2D eigenvalue weighted by Crippen LogP contribution is -2.02. The predicted octanol–water partition coefficient (Wildman–Crippen LogP) is 2.34. The molecule has 3 rings (SSSR count). The Kier molecular flexibility index (Phi) is 3.47. The molecular weight excluding hydrogens is 272 g/mol. The van der Waals surface area contributed by atoms with Crippen molar-refractivity contribution in [3.8, 4) is 0 Å². The van der Waals surface area contributed by atoms with Gasteiger partial charge in [0, 0.05) is 12.6 Å². The van der Waals surface area contributed by atoms with Crippen LogP contribution in [0.4, 0.5) is 0 Å². The van der Waals surface area contributed by atoms with Crippen molar-refractivity contribution < 1.29 is 4.79 Å². The maximum absolute atomic E-state index is 12.1. The minimum absolute atomic E-state index is 0.0818. The zero-order valence-electron chi connectivity index (χ0n) is 10.9. The third-order valence-corrected chi connectivity index (χ3v) is 3.88. The number of carbonyl (C=O) groups is 1. The summed E-state index contributed by atoms with van der Waals surface area (Å²) in [5.74, 6) is 0.422. The van der Waals surface area contributed by atoms with Crippen molar-refractivity contribution in [3.63, 3.8) is 0 Å². The Labute approximate surface area is 120 Å². The van der Waals surface area contributed by atoms with Crippen LogP contribution >= 0.6 is 11.8 Å². The second-order valence-corrected chi connectivity index (χ2v) is 5.25. The summed E-state index contributed by atoms with van der Waals surface area (Å²) >= 11 is 1.39. The van der Waals surface area contributed by atoms with Crippen molar-refractivity contribution in [2.75, 3.05) is 5.75 Å². The fourth-order valence-corrected chi connectivity index (χ4v) is 2.71. The number of rotatable bonds is 4. The number of fused-ring (bicyclic) bond motifs is 1. The highest BCUT2D eigenvalue weighted by atomic mass is 32.2. The summed E-state index contributed by atoms with van der Waals surface area (Å²) in [4.78, 5) is 24.7. The van der Waals surface area contributed by atoms with E-state index < -0.39 is 0 Å². The van der Waals surface area contributed by atoms with Gasteiger partial charge in [0.2, 0.25) is 0 Å². The summed E-state index contributed by atoms with van der Waals surface area (Å²) in [6.45, 7) is 0. The second kappa shape index (κ2) is 5.42. The van der Waals surface area contributed by atoms with E-state index in [0.29, 0.717) is 11.3 Å². The van der Waals surface area contributed by atoms with Crippen molar-refractivity contribution in [1.82, 2.24) is 19.5 Å². The zero-order chi connectivity index (χ0) is 13.9. The van der Waals surface area contributed by atoms with Crippen LogP contribution in [0.25, 0.3) is 11.2 Å². The van der Waals surface area contributed by atoms with Crippen LogP contribution in [-0.4, -0.2) is 31.1 Å². The van der Waals surface area contributed by atoms with Gasteiger partial charge in [-0.05, 0) is 0 Å². The number of thioether (sulfide) groups is 1. The van der Waals surface area contributed by atoms with E-state index in [9.17, 15) is 4.79 Å². The maximum atomic E-state index is 12.1. The summed E-state index contributed by atoms with van der Waals surface area (Å²) in [6.07, 6.45) is 3.20. The molecule has 5 nitrogen and oxygen atoms in total. The summed E-state index contributed by atoms with van der Waals surface area (Å²) < 4.78 is 1.83. The third kappa shape index (κ3) is 2.42. The first-order valence-electron chi connectivity index (χ1n) is 6.09. The fraction of sp³-hybridized carbons (Fsp3) is 0.143. The molecule has 100 valence electrons. The number of aromatic nitrogens is 4. The second-order valence-electron chi connectivity index (χ2n) is 4.28. The molecule has 0 saturated heterocycles. The quantitative estimate of drug-likeness (QED) is 0.418. The molecule has 6 heteroatoms. The first kappa shape index (κ1) is 12.8. The highest BCUT2D eigenvalue weighted by Gasteiger charge is 2.11. The van der Waals surface area contributed by atoms with Gasteiger partial charge in [-0.15, -0.1) is 0 Å². The van der Waals surface area contributed by atoms with Gasteiger partial charge in [0.15, 0.2) is 11.4 Å². The highest BCUT2D eigenvalue weighted by molar-refractivity contribution is 8.00. The first-order chi connectivity index (χ1) is 9.75. The third-order valence-electron chi connectivity index (χ3n) is 2.90. The Hall–Kier alpha value is -2.21. The van der Waals surface area contributed by atoms with E-state index >= 15 is 0 Å². The van der Waals surface area contributed by atoms with E-state index in [0.717, 1.165) is 16.2 Å². The molecule has 0 aliphatic heterocycles. The zero-order valence-corrected chi connectivity index (χ0v) is 11.7. The van der Waals surface area contributed by atoms with Crippen LogP contribution in [0.2, 0.25) is 0 Å². The van der Waals surface area contributed by atoms with Gasteiger partial charge in [-0.1, -0.05) is 42.1 Å². The number of nitrogens with zero attached hydrogens (tertiary/aromatic N) is 4. The van der Waals surface area contributed by atoms with E-state index in [4.69, 9.17) is 0 Å². The number of hydrogen-bond donors (Lipinski definition) is 0. The van der Waals surface area contributed by atoms with Crippen molar-refractivity contribution in [3.05, 3.63) is 48.5 Å². The van der Waals surface area contributed by atoms with Gasteiger partial charge < -0.3 is 4.57 Å². The number of imidazole rings is 1. The van der Waals surface area contributed by atoms with Crippen LogP contribution in [-0.2, 0) is 7.05 Å². The van der Waals surface area contributed by atoms with Gasteiger partial charge in [-0.2, -0.15) is 0 Å². The number of carbonyl (C=O) groups excluding carboxylic acids is 1. The standard InChI is InChI=1S/C14H12N4OS/c1-18-9-17-12-13(18)15-8-16-14(12)20-7-11(19)10-5-3-2-4-6-10/h2-6,8-9H,7H2,1H3. The number of Topliss-reactive ketones (excluding diaryl/α,β-unsaturated/α-hetero) is 1. The van der Waals surface area contributed by atoms with Crippen molar-refractivity contribution in [2.45, 2.75) is 5.03 Å². The smallest absolute Gasteiger partial charge is 0.173 e. The lowest BCUT2D eigenvalue weighted by atomic mass is 10.2. The van der Waals surface area contributed by atoms with Crippen molar-refractivity contribution in [2.24, 2.45) is 7.05 Å². The van der Waals surface area contributed by atoms with Gasteiger partial charge in [0.1, 0.15) is 16.9 Å². The molecule has 0 saturated carbocycles. The van der Waals surface area contributed by atoms with Crippen LogP contribution in [0.15, 0.2) is 48.0 Å². The lowest BCUT2D eigenvalue weighted by molar-refractivity contribution is 0.102. The topological polar surface area (TPSA) is 60.7 Å². The summed E-state index contributed by atoms with van der Waals surface area (Å²) in [5.41, 5.74) is 2.22. The first-order valence-corrected chi connectivity index (χ1v) is 7.07. The fourth-order valence-electron chi connectivity index (χ4n) is 1.87. The molecule has 0 fully saturated rings. The Balaban J connectivity index is 1.79. The van der Waals surface area contributed by atoms with Crippen LogP contribution < -0.4 is 0 Å². The minimum atomic E-state index is 0.0818. The Bertz CT molecular complexity index is 754. The Morgan fingerprint density at radius 3 is 2.80 bits per heavy atom. The molecule has 0 unspecified atom stereocenters.